The van der Waals surface area contributed by atoms with E-state index in [1.54, 1.807) is 12.1 Å². The number of anilines is 2. The summed E-state index contributed by atoms with van der Waals surface area (Å²) in [4.78, 5) is 12.3. The molecule has 0 amide bonds. The van der Waals surface area contributed by atoms with Crippen LogP contribution in [0.4, 0.5) is 17.1 Å². The van der Waals surface area contributed by atoms with Gasteiger partial charge >= 0.3 is 0 Å². The second-order valence-electron chi connectivity index (χ2n) is 4.54. The molecule has 6 heteroatoms. The van der Waals surface area contributed by atoms with Crippen LogP contribution in [0, 0.1) is 10.1 Å². The fraction of sp³-hybridized carbons (Fsp3) is 0.500. The molecule has 0 aromatic heterocycles. The minimum Gasteiger partial charge on any atom is -0.393 e. The Morgan fingerprint density at radius 3 is 2.78 bits per heavy atom. The van der Waals surface area contributed by atoms with Crippen LogP contribution in [0.1, 0.15) is 13.3 Å². The SMILES string of the molecule is CC1OCCC1N(C)c1ccc([N+](=O)[O-])c(N)c1. The van der Waals surface area contributed by atoms with Crippen molar-refractivity contribution in [1.29, 1.82) is 0 Å². The molecule has 2 atom stereocenters. The monoisotopic (exact) mass is 251 g/mol. The lowest BCUT2D eigenvalue weighted by Gasteiger charge is -2.28. The molecule has 6 nitrogen and oxygen atoms in total. The Morgan fingerprint density at radius 2 is 2.28 bits per heavy atom. The Balaban J connectivity index is 2.23. The summed E-state index contributed by atoms with van der Waals surface area (Å²) in [6.45, 7) is 2.78. The van der Waals surface area contributed by atoms with Gasteiger partial charge in [-0.05, 0) is 25.5 Å². The van der Waals surface area contributed by atoms with Crippen LogP contribution in [0.2, 0.25) is 0 Å². The lowest BCUT2D eigenvalue weighted by molar-refractivity contribution is -0.383. The van der Waals surface area contributed by atoms with Crippen LogP contribution in [-0.4, -0.2) is 30.7 Å². The summed E-state index contributed by atoms with van der Waals surface area (Å²) in [5, 5.41) is 10.7. The Bertz CT molecular complexity index is 464. The second kappa shape index (κ2) is 4.81. The van der Waals surface area contributed by atoms with Gasteiger partial charge in [-0.1, -0.05) is 0 Å². The van der Waals surface area contributed by atoms with Gasteiger partial charge in [0.2, 0.25) is 0 Å². The Morgan fingerprint density at radius 1 is 1.56 bits per heavy atom. The highest BCUT2D eigenvalue weighted by molar-refractivity contribution is 5.66. The van der Waals surface area contributed by atoms with Crippen molar-refractivity contribution >= 4 is 17.1 Å². The van der Waals surface area contributed by atoms with E-state index in [0.29, 0.717) is 0 Å². The quantitative estimate of drug-likeness (QED) is 0.503. The van der Waals surface area contributed by atoms with Gasteiger partial charge < -0.3 is 15.4 Å². The Kier molecular flexibility index (Phi) is 3.38. The van der Waals surface area contributed by atoms with Gasteiger partial charge in [-0.25, -0.2) is 0 Å². The highest BCUT2D eigenvalue weighted by Gasteiger charge is 2.28. The minimum atomic E-state index is -0.472. The molecule has 0 spiro atoms. The lowest BCUT2D eigenvalue weighted by atomic mass is 10.1. The van der Waals surface area contributed by atoms with Gasteiger partial charge in [-0.2, -0.15) is 0 Å². The zero-order valence-electron chi connectivity index (χ0n) is 10.5. The summed E-state index contributed by atoms with van der Waals surface area (Å²) in [7, 11) is 1.95. The van der Waals surface area contributed by atoms with Crippen LogP contribution >= 0.6 is 0 Å². The third-order valence-corrected chi connectivity index (χ3v) is 3.45. The summed E-state index contributed by atoms with van der Waals surface area (Å²) >= 11 is 0. The summed E-state index contributed by atoms with van der Waals surface area (Å²) < 4.78 is 5.52. The average Bonchev–Trinajstić information content (AvgIpc) is 2.74. The molecule has 1 saturated heterocycles. The molecule has 0 bridgehead atoms. The summed E-state index contributed by atoms with van der Waals surface area (Å²) in [6.07, 6.45) is 1.11. The van der Waals surface area contributed by atoms with Crippen molar-refractivity contribution in [2.45, 2.75) is 25.5 Å². The van der Waals surface area contributed by atoms with Crippen molar-refractivity contribution in [3.63, 3.8) is 0 Å². The first kappa shape index (κ1) is 12.6. The summed E-state index contributed by atoms with van der Waals surface area (Å²) in [5.74, 6) is 0. The maximum atomic E-state index is 10.7. The van der Waals surface area contributed by atoms with Crippen LogP contribution in [0.15, 0.2) is 18.2 Å². The van der Waals surface area contributed by atoms with E-state index in [0.717, 1.165) is 18.7 Å². The number of hydrogen-bond acceptors (Lipinski definition) is 5. The zero-order chi connectivity index (χ0) is 13.3. The van der Waals surface area contributed by atoms with Crippen molar-refractivity contribution in [3.05, 3.63) is 28.3 Å². The van der Waals surface area contributed by atoms with Gasteiger partial charge in [-0.15, -0.1) is 0 Å². The number of nitrogens with two attached hydrogens (primary N) is 1. The number of nitro benzene ring substituents is 1. The van der Waals surface area contributed by atoms with Gasteiger partial charge in [0, 0.05) is 25.4 Å². The van der Waals surface area contributed by atoms with Crippen LogP contribution < -0.4 is 10.6 Å². The van der Waals surface area contributed by atoms with E-state index in [9.17, 15) is 10.1 Å². The molecule has 18 heavy (non-hydrogen) atoms. The van der Waals surface area contributed by atoms with E-state index in [4.69, 9.17) is 10.5 Å². The van der Waals surface area contributed by atoms with Crippen molar-refractivity contribution in [1.82, 2.24) is 0 Å². The molecule has 0 saturated carbocycles. The van der Waals surface area contributed by atoms with E-state index in [-0.39, 0.29) is 23.5 Å². The minimum absolute atomic E-state index is 0.0529. The normalized spacial score (nSPS) is 23.0. The molecule has 2 N–H and O–H groups in total. The highest BCUT2D eigenvalue weighted by atomic mass is 16.6. The molecular weight excluding hydrogens is 234 g/mol. The largest absolute Gasteiger partial charge is 0.393 e. The van der Waals surface area contributed by atoms with E-state index < -0.39 is 4.92 Å². The number of rotatable bonds is 3. The second-order valence-corrected chi connectivity index (χ2v) is 4.54. The van der Waals surface area contributed by atoms with Crippen LogP contribution in [0.25, 0.3) is 0 Å². The Hall–Kier alpha value is -1.82. The fourth-order valence-electron chi connectivity index (χ4n) is 2.35. The fourth-order valence-corrected chi connectivity index (χ4v) is 2.35. The molecule has 0 radical (unpaired) electrons. The zero-order valence-corrected chi connectivity index (χ0v) is 10.5. The number of hydrogen-bond donors (Lipinski definition) is 1. The third kappa shape index (κ3) is 2.24. The summed E-state index contributed by atoms with van der Waals surface area (Å²) in [6, 6.07) is 5.09. The van der Waals surface area contributed by atoms with Gasteiger partial charge in [0.05, 0.1) is 17.1 Å². The molecule has 1 aromatic rings. The molecule has 1 aliphatic rings. The standard InChI is InChI=1S/C12H17N3O3/c1-8-11(5-6-18-8)14(2)9-3-4-12(15(16)17)10(13)7-9/h3-4,7-8,11H,5-6,13H2,1-2H3. The molecule has 1 fully saturated rings. The maximum absolute atomic E-state index is 10.7. The number of nitrogen functional groups attached to an aromatic ring is 1. The van der Waals surface area contributed by atoms with E-state index >= 15 is 0 Å². The average molecular weight is 251 g/mol. The molecule has 1 aromatic carbocycles. The number of benzene rings is 1. The number of ether oxygens (including phenoxy) is 1. The maximum Gasteiger partial charge on any atom is 0.292 e. The van der Waals surface area contributed by atoms with Crippen LogP contribution in [0.5, 0.6) is 0 Å². The van der Waals surface area contributed by atoms with Crippen LogP contribution in [0.3, 0.4) is 0 Å². The lowest BCUT2D eigenvalue weighted by Crippen LogP contribution is -2.36. The van der Waals surface area contributed by atoms with Crippen LogP contribution in [-0.2, 0) is 4.74 Å². The van der Waals surface area contributed by atoms with E-state index in [1.165, 1.54) is 6.07 Å². The molecule has 1 heterocycles. The molecule has 98 valence electrons. The molecular formula is C12H17N3O3. The van der Waals surface area contributed by atoms with Gasteiger partial charge in [0.1, 0.15) is 5.69 Å². The molecule has 0 aliphatic carbocycles. The van der Waals surface area contributed by atoms with Crippen molar-refractivity contribution in [2.75, 3.05) is 24.3 Å². The number of likely N-dealkylation sites (N-methyl/N-ethyl adjacent to an activating group) is 1. The van der Waals surface area contributed by atoms with E-state index in [2.05, 4.69) is 4.90 Å². The van der Waals surface area contributed by atoms with Crippen molar-refractivity contribution in [3.8, 4) is 0 Å². The topological polar surface area (TPSA) is 81.6 Å². The highest BCUT2D eigenvalue weighted by Crippen LogP contribution is 2.29. The van der Waals surface area contributed by atoms with Crippen molar-refractivity contribution in [2.24, 2.45) is 0 Å². The van der Waals surface area contributed by atoms with E-state index in [1.807, 2.05) is 14.0 Å². The van der Waals surface area contributed by atoms with Gasteiger partial charge in [0.25, 0.3) is 5.69 Å². The van der Waals surface area contributed by atoms with Gasteiger partial charge in [-0.3, -0.25) is 10.1 Å². The predicted octanol–water partition coefficient (Wildman–Crippen LogP) is 1.79. The molecule has 1 aliphatic heterocycles. The molecule has 2 rings (SSSR count). The first-order valence-corrected chi connectivity index (χ1v) is 5.89. The van der Waals surface area contributed by atoms with Crippen molar-refractivity contribution < 1.29 is 9.66 Å². The molecule has 2 unspecified atom stereocenters. The number of nitrogens with zero attached hydrogens (tertiary/aromatic N) is 2. The third-order valence-electron chi connectivity index (χ3n) is 3.45. The first-order chi connectivity index (χ1) is 8.50. The first-order valence-electron chi connectivity index (χ1n) is 5.89. The van der Waals surface area contributed by atoms with Gasteiger partial charge in [0.15, 0.2) is 0 Å². The number of nitro groups is 1. The predicted molar refractivity (Wildman–Crippen MR) is 69.7 cm³/mol. The Labute approximate surface area is 105 Å². The summed E-state index contributed by atoms with van der Waals surface area (Å²) in [5.41, 5.74) is 6.71. The smallest absolute Gasteiger partial charge is 0.292 e.